The number of nitrogens with zero attached hydrogens (tertiary/aromatic N) is 2. The van der Waals surface area contributed by atoms with E-state index in [1.165, 1.54) is 32.1 Å². The van der Waals surface area contributed by atoms with Gasteiger partial charge in [0.2, 0.25) is 0 Å². The highest BCUT2D eigenvalue weighted by Crippen LogP contribution is 2.25. The number of pyridine rings is 1. The maximum absolute atomic E-state index is 9.75. The van der Waals surface area contributed by atoms with Gasteiger partial charge < -0.3 is 5.11 Å². The van der Waals surface area contributed by atoms with Gasteiger partial charge in [0.25, 0.3) is 0 Å². The van der Waals surface area contributed by atoms with Crippen molar-refractivity contribution >= 4 is 6.08 Å². The fourth-order valence-corrected chi connectivity index (χ4v) is 2.50. The molecule has 19 heavy (non-hydrogen) atoms. The highest BCUT2D eigenvalue weighted by molar-refractivity contribution is 5.45. The second-order valence-corrected chi connectivity index (χ2v) is 5.12. The Morgan fingerprint density at radius 1 is 1.37 bits per heavy atom. The summed E-state index contributed by atoms with van der Waals surface area (Å²) in [7, 11) is 0. The van der Waals surface area contributed by atoms with Crippen LogP contribution in [-0.4, -0.2) is 10.1 Å². The molecule has 3 nitrogen and oxygen atoms in total. The molecule has 0 saturated heterocycles. The predicted molar refractivity (Wildman–Crippen MR) is 75.0 cm³/mol. The topological polar surface area (TPSA) is 56.9 Å². The van der Waals surface area contributed by atoms with Crippen LogP contribution in [0.2, 0.25) is 0 Å². The van der Waals surface area contributed by atoms with Crippen LogP contribution in [0.3, 0.4) is 0 Å². The van der Waals surface area contributed by atoms with E-state index in [1.54, 1.807) is 6.07 Å². The van der Waals surface area contributed by atoms with Gasteiger partial charge in [0.05, 0.1) is 23.9 Å². The quantitative estimate of drug-likeness (QED) is 0.895. The minimum Gasteiger partial charge on any atom is -0.386 e. The highest BCUT2D eigenvalue weighted by Gasteiger charge is 2.10. The van der Waals surface area contributed by atoms with Crippen molar-refractivity contribution in [1.82, 2.24) is 4.98 Å². The number of hydrogen-bond acceptors (Lipinski definition) is 3. The van der Waals surface area contributed by atoms with Gasteiger partial charge in [-0.3, -0.25) is 4.98 Å². The minimum atomic E-state index is -0.784. The SMILES string of the molecule is N#CCC(O)c1cccc(C=CC2CCCCC2)n1. The molecule has 1 aromatic heterocycles. The van der Waals surface area contributed by atoms with Gasteiger partial charge in [0.15, 0.2) is 0 Å². The van der Waals surface area contributed by atoms with E-state index in [2.05, 4.69) is 11.1 Å². The fraction of sp³-hybridized carbons (Fsp3) is 0.500. The summed E-state index contributed by atoms with van der Waals surface area (Å²) in [6.07, 6.45) is 10.1. The van der Waals surface area contributed by atoms with E-state index in [1.807, 2.05) is 24.3 Å². The number of allylic oxidation sites excluding steroid dienone is 1. The van der Waals surface area contributed by atoms with Gasteiger partial charge in [-0.2, -0.15) is 5.26 Å². The van der Waals surface area contributed by atoms with E-state index in [0.717, 1.165) is 5.69 Å². The molecule has 1 N–H and O–H groups in total. The van der Waals surface area contributed by atoms with Gasteiger partial charge in [-0.25, -0.2) is 0 Å². The zero-order chi connectivity index (χ0) is 13.5. The molecule has 1 aromatic rings. The molecule has 3 heteroatoms. The summed E-state index contributed by atoms with van der Waals surface area (Å²) in [6, 6.07) is 7.54. The van der Waals surface area contributed by atoms with E-state index in [9.17, 15) is 5.11 Å². The first-order chi connectivity index (χ1) is 9.29. The van der Waals surface area contributed by atoms with Gasteiger partial charge in [-0.15, -0.1) is 0 Å². The number of aliphatic hydroxyl groups is 1. The molecule has 0 radical (unpaired) electrons. The molecule has 100 valence electrons. The molecular formula is C16H20N2O. The van der Waals surface area contributed by atoms with Crippen molar-refractivity contribution in [3.05, 3.63) is 35.7 Å². The molecular weight excluding hydrogens is 236 g/mol. The van der Waals surface area contributed by atoms with Crippen LogP contribution < -0.4 is 0 Å². The number of aromatic nitrogens is 1. The number of hydrogen-bond donors (Lipinski definition) is 1. The number of aliphatic hydroxyl groups excluding tert-OH is 1. The summed E-state index contributed by atoms with van der Waals surface area (Å²) in [6.45, 7) is 0. The van der Waals surface area contributed by atoms with Crippen LogP contribution >= 0.6 is 0 Å². The van der Waals surface area contributed by atoms with Gasteiger partial charge in [-0.1, -0.05) is 31.4 Å². The maximum atomic E-state index is 9.75. The van der Waals surface area contributed by atoms with Crippen LogP contribution in [0.4, 0.5) is 0 Å². The van der Waals surface area contributed by atoms with Crippen molar-refractivity contribution in [2.24, 2.45) is 5.92 Å². The van der Waals surface area contributed by atoms with Crippen LogP contribution in [-0.2, 0) is 0 Å². The molecule has 1 aliphatic carbocycles. The Hall–Kier alpha value is -1.66. The van der Waals surface area contributed by atoms with Crippen LogP contribution in [0.15, 0.2) is 24.3 Å². The molecule has 1 unspecified atom stereocenters. The normalized spacial score (nSPS) is 18.3. The maximum Gasteiger partial charge on any atom is 0.109 e. The largest absolute Gasteiger partial charge is 0.386 e. The summed E-state index contributed by atoms with van der Waals surface area (Å²) in [4.78, 5) is 4.39. The molecule has 2 rings (SSSR count). The Balaban J connectivity index is 2.02. The fourth-order valence-electron chi connectivity index (χ4n) is 2.50. The van der Waals surface area contributed by atoms with Crippen LogP contribution in [0.1, 0.15) is 56.0 Å². The van der Waals surface area contributed by atoms with Crippen molar-refractivity contribution in [2.75, 3.05) is 0 Å². The van der Waals surface area contributed by atoms with E-state index in [4.69, 9.17) is 5.26 Å². The average molecular weight is 256 g/mol. The molecule has 0 amide bonds. The summed E-state index contributed by atoms with van der Waals surface area (Å²) < 4.78 is 0. The van der Waals surface area contributed by atoms with Crippen LogP contribution in [0, 0.1) is 17.2 Å². The summed E-state index contributed by atoms with van der Waals surface area (Å²) in [5, 5.41) is 18.3. The lowest BCUT2D eigenvalue weighted by Gasteiger charge is -2.17. The van der Waals surface area contributed by atoms with Gasteiger partial charge >= 0.3 is 0 Å². The second kappa shape index (κ2) is 7.06. The first-order valence-electron chi connectivity index (χ1n) is 7.00. The summed E-state index contributed by atoms with van der Waals surface area (Å²) >= 11 is 0. The number of nitriles is 1. The lowest BCUT2D eigenvalue weighted by molar-refractivity contribution is 0.178. The standard InChI is InChI=1S/C16H20N2O/c17-12-11-16(19)15-8-4-7-14(18-15)10-9-13-5-2-1-3-6-13/h4,7-10,13,16,19H,1-3,5-6,11H2. The molecule has 1 fully saturated rings. The first kappa shape index (κ1) is 13.8. The van der Waals surface area contributed by atoms with E-state index in [0.29, 0.717) is 11.6 Å². The predicted octanol–water partition coefficient (Wildman–Crippen LogP) is 3.62. The van der Waals surface area contributed by atoms with Crippen molar-refractivity contribution in [1.29, 1.82) is 5.26 Å². The first-order valence-corrected chi connectivity index (χ1v) is 7.00. The van der Waals surface area contributed by atoms with E-state index in [-0.39, 0.29) is 6.42 Å². The molecule has 0 aromatic carbocycles. The smallest absolute Gasteiger partial charge is 0.109 e. The molecule has 1 atom stereocenters. The van der Waals surface area contributed by atoms with Crippen molar-refractivity contribution < 1.29 is 5.11 Å². The Kier molecular flexibility index (Phi) is 5.11. The van der Waals surface area contributed by atoms with Gasteiger partial charge in [0.1, 0.15) is 6.10 Å². The van der Waals surface area contributed by atoms with Gasteiger partial charge in [0, 0.05) is 0 Å². The van der Waals surface area contributed by atoms with Crippen molar-refractivity contribution in [3.63, 3.8) is 0 Å². The minimum absolute atomic E-state index is 0.0861. The third kappa shape index (κ3) is 4.18. The van der Waals surface area contributed by atoms with Gasteiger partial charge in [-0.05, 0) is 37.0 Å². The summed E-state index contributed by atoms with van der Waals surface area (Å²) in [5.41, 5.74) is 1.44. The number of rotatable bonds is 4. The second-order valence-electron chi connectivity index (χ2n) is 5.12. The Morgan fingerprint density at radius 3 is 2.89 bits per heavy atom. The lowest BCUT2D eigenvalue weighted by Crippen LogP contribution is -2.03. The molecule has 0 aliphatic heterocycles. The zero-order valence-corrected chi connectivity index (χ0v) is 11.1. The van der Waals surface area contributed by atoms with Crippen LogP contribution in [0.25, 0.3) is 6.08 Å². The molecule has 1 heterocycles. The molecule has 0 spiro atoms. The molecule has 1 saturated carbocycles. The van der Waals surface area contributed by atoms with Crippen LogP contribution in [0.5, 0.6) is 0 Å². The summed E-state index contributed by atoms with van der Waals surface area (Å²) in [5.74, 6) is 0.670. The monoisotopic (exact) mass is 256 g/mol. The van der Waals surface area contributed by atoms with Crippen molar-refractivity contribution in [2.45, 2.75) is 44.6 Å². The highest BCUT2D eigenvalue weighted by atomic mass is 16.3. The molecule has 0 bridgehead atoms. The van der Waals surface area contributed by atoms with E-state index >= 15 is 0 Å². The van der Waals surface area contributed by atoms with E-state index < -0.39 is 6.10 Å². The zero-order valence-electron chi connectivity index (χ0n) is 11.1. The lowest BCUT2D eigenvalue weighted by atomic mass is 9.89. The molecule has 1 aliphatic rings. The Labute approximate surface area is 114 Å². The van der Waals surface area contributed by atoms with Crippen molar-refractivity contribution in [3.8, 4) is 6.07 Å². The Morgan fingerprint density at radius 2 is 2.16 bits per heavy atom. The average Bonchev–Trinajstić information content (AvgIpc) is 2.47. The Bertz CT molecular complexity index is 470. The third-order valence-corrected chi connectivity index (χ3v) is 3.61. The third-order valence-electron chi connectivity index (χ3n) is 3.61.